The van der Waals surface area contributed by atoms with Crippen LogP contribution in [0.4, 0.5) is 19.5 Å². The molecule has 1 aromatic carbocycles. The van der Waals surface area contributed by atoms with Gasteiger partial charge in [0.1, 0.15) is 23.3 Å². The largest absolute Gasteiger partial charge is 0.474 e. The average Bonchev–Trinajstić information content (AvgIpc) is 3.43. The predicted molar refractivity (Wildman–Crippen MR) is 183 cm³/mol. The number of nitrogens with zero attached hydrogens (tertiary/aromatic N) is 5. The second-order valence-corrected chi connectivity index (χ2v) is 16.0. The molecule has 0 spiro atoms. The average molecular weight is 690 g/mol. The second-order valence-electron chi connectivity index (χ2n) is 13.7. The maximum absolute atomic E-state index is 14.2. The van der Waals surface area contributed by atoms with Crippen molar-refractivity contribution in [2.24, 2.45) is 5.92 Å². The maximum atomic E-state index is 14.2. The van der Waals surface area contributed by atoms with E-state index in [-0.39, 0.29) is 34.5 Å². The number of ether oxygens (including phenoxy) is 3. The first-order valence-corrected chi connectivity index (χ1v) is 18.8. The Bertz CT molecular complexity index is 1550. The van der Waals surface area contributed by atoms with Gasteiger partial charge >= 0.3 is 6.09 Å². The normalized spacial score (nSPS) is 19.5. The number of morpholine rings is 1. The molecule has 5 rings (SSSR count). The predicted octanol–water partition coefficient (Wildman–Crippen LogP) is 5.65. The lowest BCUT2D eigenvalue weighted by atomic mass is 9.83. The van der Waals surface area contributed by atoms with Gasteiger partial charge in [0.25, 0.3) is 6.43 Å². The van der Waals surface area contributed by atoms with E-state index in [1.807, 2.05) is 4.90 Å². The number of alkyl halides is 2. The number of carbonyl (C=O) groups excluding carboxylic acids is 2. The summed E-state index contributed by atoms with van der Waals surface area (Å²) >= 11 is 0. The van der Waals surface area contributed by atoms with Gasteiger partial charge in [-0.3, -0.25) is 9.36 Å². The molecule has 1 aliphatic heterocycles. The molecule has 2 aromatic heterocycles. The summed E-state index contributed by atoms with van der Waals surface area (Å²) in [5.41, 5.74) is 0.313. The van der Waals surface area contributed by atoms with Crippen molar-refractivity contribution in [3.8, 4) is 11.7 Å². The van der Waals surface area contributed by atoms with E-state index in [9.17, 15) is 18.4 Å². The van der Waals surface area contributed by atoms with Crippen molar-refractivity contribution < 1.29 is 32.6 Å². The van der Waals surface area contributed by atoms with Gasteiger partial charge in [-0.1, -0.05) is 12.1 Å². The molecule has 1 saturated heterocycles. The summed E-state index contributed by atoms with van der Waals surface area (Å²) in [5, 5.41) is 2.82. The third kappa shape index (κ3) is 9.55. The molecule has 1 saturated carbocycles. The van der Waals surface area contributed by atoms with Crippen molar-refractivity contribution in [3.05, 3.63) is 36.2 Å². The fourth-order valence-electron chi connectivity index (χ4n) is 6.08. The zero-order chi connectivity index (χ0) is 34.4. The lowest BCUT2D eigenvalue weighted by Gasteiger charge is -2.30. The first-order chi connectivity index (χ1) is 22.9. The van der Waals surface area contributed by atoms with Gasteiger partial charge in [0.05, 0.1) is 42.8 Å². The molecule has 1 atom stereocenters. The Morgan fingerprint density at radius 3 is 2.44 bits per heavy atom. The molecular weight excluding hydrogens is 642 g/mol. The number of nitrogens with one attached hydrogen (secondary N) is 1. The number of amides is 1. The second kappa shape index (κ2) is 15.8. The zero-order valence-corrected chi connectivity index (χ0v) is 29.2. The maximum Gasteiger partial charge on any atom is 0.408 e. The van der Waals surface area contributed by atoms with Gasteiger partial charge in [-0.25, -0.2) is 18.6 Å². The number of imidazole rings is 1. The molecule has 1 aliphatic carbocycles. The number of fused-ring (bicyclic) bond motifs is 1. The number of alkyl carbamates (subject to hydrolysis) is 1. The molecule has 0 radical (unpaired) electrons. The minimum atomic E-state index is -2.81. The number of benzene rings is 1. The highest BCUT2D eigenvalue weighted by molar-refractivity contribution is 7.95. The minimum absolute atomic E-state index is 0.0219. The molecule has 0 unspecified atom stereocenters. The quantitative estimate of drug-likeness (QED) is 0.241. The Hall–Kier alpha value is -3.52. The summed E-state index contributed by atoms with van der Waals surface area (Å²) in [6, 6.07) is 7.99. The van der Waals surface area contributed by atoms with Crippen LogP contribution in [0.25, 0.3) is 16.9 Å². The Kier molecular flexibility index (Phi) is 11.8. The van der Waals surface area contributed by atoms with E-state index in [1.165, 1.54) is 4.57 Å². The highest BCUT2D eigenvalue weighted by atomic mass is 32.2. The van der Waals surface area contributed by atoms with Crippen LogP contribution in [0.5, 0.6) is 5.88 Å². The first-order valence-electron chi connectivity index (χ1n) is 16.6. The summed E-state index contributed by atoms with van der Waals surface area (Å²) in [6.07, 6.45) is 4.60. The number of carbonyl (C=O) groups is 2. The Morgan fingerprint density at radius 1 is 1.06 bits per heavy atom. The number of Topliss-reactive ketones (excluding diaryl/α,β-unsaturated/α-hetero) is 1. The third-order valence-electron chi connectivity index (χ3n) is 8.45. The fraction of sp³-hybridized carbons (Fsp3) is 0.618. The Balaban J connectivity index is 1.29. The van der Waals surface area contributed by atoms with E-state index < -0.39 is 30.0 Å². The summed E-state index contributed by atoms with van der Waals surface area (Å²) in [5.74, 6) is 1.57. The van der Waals surface area contributed by atoms with Crippen LogP contribution < -0.4 is 15.0 Å². The molecule has 2 aliphatic rings. The van der Waals surface area contributed by atoms with Crippen LogP contribution in [-0.4, -0.2) is 93.7 Å². The highest BCUT2D eigenvalue weighted by Crippen LogP contribution is 2.33. The molecule has 262 valence electrons. The monoisotopic (exact) mass is 689 g/mol. The molecular formula is C34H47F2N6O5S+. The van der Waals surface area contributed by atoms with E-state index in [0.717, 1.165) is 18.6 Å². The van der Waals surface area contributed by atoms with Gasteiger partial charge in [0.15, 0.2) is 11.6 Å². The van der Waals surface area contributed by atoms with Crippen LogP contribution in [-0.2, 0) is 25.2 Å². The van der Waals surface area contributed by atoms with Crippen LogP contribution in [0.2, 0.25) is 0 Å². The van der Waals surface area contributed by atoms with Crippen LogP contribution >= 0.6 is 0 Å². The standard InChI is InChI=1S/C34H46F2N6O5S/c1-34(2,3)47-33(44)38-25(14-19-48(4)5)27(43)20-22-10-12-23(13-11-22)46-29-21-28(39-32(40-29)41-15-17-45-18-16-41)42-26-9-7-6-8-24(26)37-31(42)30(35)36/h6-9,21-23,25,30H,10-20H2,1-5H3/p+1/t22?,23?,25-/m1/s1. The van der Waals surface area contributed by atoms with Crippen LogP contribution in [0.1, 0.15) is 71.5 Å². The number of hydrogen-bond acceptors (Lipinski definition) is 9. The van der Waals surface area contributed by atoms with Gasteiger partial charge in [-0.15, -0.1) is 0 Å². The zero-order valence-electron chi connectivity index (χ0n) is 28.4. The lowest BCUT2D eigenvalue weighted by Crippen LogP contribution is -2.45. The molecule has 1 N–H and O–H groups in total. The number of rotatable bonds is 12. The summed E-state index contributed by atoms with van der Waals surface area (Å²) in [4.78, 5) is 41.5. The van der Waals surface area contributed by atoms with Crippen molar-refractivity contribution in [2.75, 3.05) is 49.5 Å². The van der Waals surface area contributed by atoms with Crippen molar-refractivity contribution >= 4 is 39.8 Å². The van der Waals surface area contributed by atoms with E-state index in [4.69, 9.17) is 24.2 Å². The third-order valence-corrected chi connectivity index (χ3v) is 9.50. The number of anilines is 1. The molecule has 48 heavy (non-hydrogen) atoms. The van der Waals surface area contributed by atoms with Gasteiger partial charge < -0.3 is 24.4 Å². The topological polar surface area (TPSA) is 121 Å². The van der Waals surface area contributed by atoms with Crippen LogP contribution in [0, 0.1) is 5.92 Å². The smallest absolute Gasteiger partial charge is 0.408 e. The highest BCUT2D eigenvalue weighted by Gasteiger charge is 2.31. The van der Waals surface area contributed by atoms with Crippen LogP contribution in [0.3, 0.4) is 0 Å². The van der Waals surface area contributed by atoms with Crippen molar-refractivity contribution in [1.82, 2.24) is 24.8 Å². The van der Waals surface area contributed by atoms with Crippen molar-refractivity contribution in [2.45, 2.75) is 83.5 Å². The van der Waals surface area contributed by atoms with Gasteiger partial charge in [0, 0.05) is 32.0 Å². The van der Waals surface area contributed by atoms with E-state index in [0.29, 0.717) is 74.8 Å². The van der Waals surface area contributed by atoms with Crippen LogP contribution in [0.15, 0.2) is 30.3 Å². The summed E-state index contributed by atoms with van der Waals surface area (Å²) in [7, 11) is 0.134. The number of aromatic nitrogens is 4. The SMILES string of the molecule is C[S+](C)CC[C@@H](NC(=O)OC(C)(C)C)C(=O)CC1CCC(Oc2cc(-n3c(C(F)F)nc4ccccc43)nc(N3CCOCC3)n2)CC1. The van der Waals surface area contributed by atoms with Gasteiger partial charge in [-0.2, -0.15) is 9.97 Å². The molecule has 3 aromatic rings. The summed E-state index contributed by atoms with van der Waals surface area (Å²) in [6.45, 7) is 7.54. The van der Waals surface area contributed by atoms with E-state index in [2.05, 4.69) is 22.8 Å². The fourth-order valence-corrected chi connectivity index (χ4v) is 6.79. The molecule has 1 amide bonds. The number of para-hydroxylation sites is 2. The molecule has 0 bridgehead atoms. The first kappa shape index (κ1) is 35.8. The molecule has 11 nitrogen and oxygen atoms in total. The number of ketones is 1. The van der Waals surface area contributed by atoms with E-state index in [1.54, 1.807) is 51.1 Å². The Morgan fingerprint density at radius 2 is 1.77 bits per heavy atom. The lowest BCUT2D eigenvalue weighted by molar-refractivity contribution is -0.122. The molecule has 3 heterocycles. The molecule has 14 heteroatoms. The Labute approximate surface area is 283 Å². The number of hydrogen-bond donors (Lipinski definition) is 1. The van der Waals surface area contributed by atoms with Gasteiger partial charge in [0.2, 0.25) is 11.8 Å². The minimum Gasteiger partial charge on any atom is -0.474 e. The van der Waals surface area contributed by atoms with E-state index >= 15 is 0 Å². The van der Waals surface area contributed by atoms with Crippen molar-refractivity contribution in [1.29, 1.82) is 0 Å². The van der Waals surface area contributed by atoms with Crippen molar-refractivity contribution in [3.63, 3.8) is 0 Å². The molecule has 2 fully saturated rings. The summed E-state index contributed by atoms with van der Waals surface area (Å²) < 4.78 is 47.2. The number of halogens is 2. The van der Waals surface area contributed by atoms with Gasteiger partial charge in [-0.05, 0) is 75.4 Å².